The number of non-ortho nitro benzene ring substituents is 1. The lowest BCUT2D eigenvalue weighted by Crippen LogP contribution is -2.49. The fraction of sp³-hybridized carbons (Fsp3) is 0.316. The lowest BCUT2D eigenvalue weighted by molar-refractivity contribution is -0.384. The maximum absolute atomic E-state index is 12.8. The molecule has 7 nitrogen and oxygen atoms in total. The van der Waals surface area contributed by atoms with Crippen molar-refractivity contribution < 1.29 is 9.72 Å². The average molecular weight is 425 g/mol. The van der Waals surface area contributed by atoms with Crippen LogP contribution < -0.4 is 10.2 Å². The largest absolute Gasteiger partial charge is 0.314 e. The Morgan fingerprint density at radius 1 is 1.32 bits per heavy atom. The molecule has 0 aromatic heterocycles. The fourth-order valence-corrected chi connectivity index (χ4v) is 3.40. The number of nitrogens with zero attached hydrogens (tertiary/aromatic N) is 3. The van der Waals surface area contributed by atoms with Crippen molar-refractivity contribution in [2.24, 2.45) is 0 Å². The first kappa shape index (κ1) is 22.1. The molecule has 0 spiro atoms. The van der Waals surface area contributed by atoms with Gasteiger partial charge in [0.05, 0.1) is 11.5 Å². The summed E-state index contributed by atoms with van der Waals surface area (Å²) in [5.41, 5.74) is 1.70. The van der Waals surface area contributed by atoms with Crippen LogP contribution in [0.5, 0.6) is 0 Å². The van der Waals surface area contributed by atoms with Gasteiger partial charge in [-0.3, -0.25) is 19.8 Å². The van der Waals surface area contributed by atoms with Crippen LogP contribution in [0.2, 0.25) is 5.02 Å². The summed E-state index contributed by atoms with van der Waals surface area (Å²) < 4.78 is 0. The van der Waals surface area contributed by atoms with Gasteiger partial charge in [0.2, 0.25) is 5.91 Å². The Hall–Kier alpha value is -2.19. The van der Waals surface area contributed by atoms with E-state index in [0.717, 1.165) is 25.2 Å². The third kappa shape index (κ3) is 5.20. The lowest BCUT2D eigenvalue weighted by Gasteiger charge is -2.36. The standard InChI is InChI=1S/C19H21ClN4O3.ClH/c1-22(16-5-7-17(8-6-16)24(26)27)19(25)13-23-10-9-21-12-18(23)14-3-2-4-15(20)11-14;/h2-8,11,18,21H,9-10,12-13H2,1H3;1H. The summed E-state index contributed by atoms with van der Waals surface area (Å²) in [5, 5.41) is 14.8. The van der Waals surface area contributed by atoms with E-state index in [1.54, 1.807) is 19.2 Å². The highest BCUT2D eigenvalue weighted by Gasteiger charge is 2.27. The van der Waals surface area contributed by atoms with E-state index in [2.05, 4.69) is 10.2 Å². The van der Waals surface area contributed by atoms with Gasteiger partial charge in [-0.25, -0.2) is 0 Å². The predicted molar refractivity (Wildman–Crippen MR) is 112 cm³/mol. The molecule has 1 atom stereocenters. The number of hydrogen-bond acceptors (Lipinski definition) is 5. The molecule has 1 unspecified atom stereocenters. The van der Waals surface area contributed by atoms with Gasteiger partial charge in [0.1, 0.15) is 0 Å². The topological polar surface area (TPSA) is 78.7 Å². The van der Waals surface area contributed by atoms with E-state index in [1.165, 1.54) is 17.0 Å². The number of rotatable bonds is 5. The van der Waals surface area contributed by atoms with Gasteiger partial charge in [-0.15, -0.1) is 12.4 Å². The number of nitrogens with one attached hydrogen (secondary N) is 1. The number of likely N-dealkylation sites (N-methyl/N-ethyl adjacent to an activating group) is 1. The second-order valence-corrected chi connectivity index (χ2v) is 6.91. The van der Waals surface area contributed by atoms with Crippen molar-refractivity contribution in [3.8, 4) is 0 Å². The zero-order valence-electron chi connectivity index (χ0n) is 15.4. The first-order valence-electron chi connectivity index (χ1n) is 8.67. The Bertz CT molecular complexity index is 832. The maximum atomic E-state index is 12.8. The molecule has 28 heavy (non-hydrogen) atoms. The minimum absolute atomic E-state index is 0. The molecule has 1 heterocycles. The van der Waals surface area contributed by atoms with E-state index < -0.39 is 4.92 Å². The van der Waals surface area contributed by atoms with Crippen LogP contribution in [0.4, 0.5) is 11.4 Å². The van der Waals surface area contributed by atoms with Crippen molar-refractivity contribution in [2.75, 3.05) is 38.1 Å². The number of carbonyl (C=O) groups excluding carboxylic acids is 1. The zero-order chi connectivity index (χ0) is 19.4. The number of nitro benzene ring substituents is 1. The third-order valence-electron chi connectivity index (χ3n) is 4.75. The highest BCUT2D eigenvalue weighted by atomic mass is 35.5. The quantitative estimate of drug-likeness (QED) is 0.588. The number of benzene rings is 2. The summed E-state index contributed by atoms with van der Waals surface area (Å²) >= 11 is 6.12. The van der Waals surface area contributed by atoms with Crippen molar-refractivity contribution in [1.82, 2.24) is 10.2 Å². The molecule has 2 aromatic rings. The van der Waals surface area contributed by atoms with E-state index in [9.17, 15) is 14.9 Å². The van der Waals surface area contributed by atoms with E-state index in [-0.39, 0.29) is 36.6 Å². The predicted octanol–water partition coefficient (Wildman–Crippen LogP) is 3.28. The highest BCUT2D eigenvalue weighted by Crippen LogP contribution is 2.25. The van der Waals surface area contributed by atoms with Gasteiger partial charge in [0, 0.05) is 55.6 Å². The Balaban J connectivity index is 0.00000280. The average Bonchev–Trinajstić information content (AvgIpc) is 2.68. The maximum Gasteiger partial charge on any atom is 0.269 e. The van der Waals surface area contributed by atoms with Gasteiger partial charge in [-0.2, -0.15) is 0 Å². The molecule has 1 saturated heterocycles. The third-order valence-corrected chi connectivity index (χ3v) is 4.98. The van der Waals surface area contributed by atoms with Crippen LogP contribution in [0.1, 0.15) is 11.6 Å². The van der Waals surface area contributed by atoms with Crippen molar-refractivity contribution in [2.45, 2.75) is 6.04 Å². The van der Waals surface area contributed by atoms with Gasteiger partial charge in [-0.1, -0.05) is 23.7 Å². The van der Waals surface area contributed by atoms with Crippen molar-refractivity contribution in [3.05, 3.63) is 69.2 Å². The number of halogens is 2. The number of amides is 1. The summed E-state index contributed by atoms with van der Waals surface area (Å²) in [4.78, 5) is 26.8. The zero-order valence-corrected chi connectivity index (χ0v) is 16.9. The molecule has 1 fully saturated rings. The molecule has 0 radical (unpaired) electrons. The van der Waals surface area contributed by atoms with Gasteiger partial charge >= 0.3 is 0 Å². The molecular formula is C19H22Cl2N4O3. The second-order valence-electron chi connectivity index (χ2n) is 6.47. The number of nitro groups is 1. The van der Waals surface area contributed by atoms with Crippen LogP contribution in [-0.2, 0) is 4.79 Å². The molecule has 3 rings (SSSR count). The summed E-state index contributed by atoms with van der Waals surface area (Å²) in [6, 6.07) is 13.7. The molecule has 9 heteroatoms. The lowest BCUT2D eigenvalue weighted by atomic mass is 10.0. The number of hydrogen-bond donors (Lipinski definition) is 1. The van der Waals surface area contributed by atoms with Crippen LogP contribution in [0.15, 0.2) is 48.5 Å². The van der Waals surface area contributed by atoms with E-state index >= 15 is 0 Å². The first-order chi connectivity index (χ1) is 13.0. The fourth-order valence-electron chi connectivity index (χ4n) is 3.20. The molecule has 1 N–H and O–H groups in total. The molecule has 0 saturated carbocycles. The number of anilines is 1. The van der Waals surface area contributed by atoms with Crippen LogP contribution in [0, 0.1) is 10.1 Å². The smallest absolute Gasteiger partial charge is 0.269 e. The first-order valence-corrected chi connectivity index (χ1v) is 9.05. The second kappa shape index (κ2) is 9.84. The van der Waals surface area contributed by atoms with Crippen LogP contribution >= 0.6 is 24.0 Å². The summed E-state index contributed by atoms with van der Waals surface area (Å²) in [7, 11) is 1.68. The minimum Gasteiger partial charge on any atom is -0.314 e. The Morgan fingerprint density at radius 3 is 2.68 bits per heavy atom. The highest BCUT2D eigenvalue weighted by molar-refractivity contribution is 6.30. The van der Waals surface area contributed by atoms with Gasteiger partial charge in [-0.05, 0) is 29.8 Å². The Labute approximate surface area is 174 Å². The minimum atomic E-state index is -0.456. The number of piperazine rings is 1. The molecule has 1 amide bonds. The van der Waals surface area contributed by atoms with Crippen LogP contribution in [-0.4, -0.2) is 49.0 Å². The number of carbonyl (C=O) groups is 1. The monoisotopic (exact) mass is 424 g/mol. The van der Waals surface area contributed by atoms with Gasteiger partial charge in [0.25, 0.3) is 5.69 Å². The van der Waals surface area contributed by atoms with Crippen molar-refractivity contribution in [1.29, 1.82) is 0 Å². The molecule has 1 aliphatic heterocycles. The Kier molecular flexibility index (Phi) is 7.77. The molecule has 150 valence electrons. The van der Waals surface area contributed by atoms with E-state index in [1.807, 2.05) is 24.3 Å². The normalized spacial score (nSPS) is 16.9. The molecular weight excluding hydrogens is 403 g/mol. The summed E-state index contributed by atoms with van der Waals surface area (Å²) in [6.07, 6.45) is 0. The Morgan fingerprint density at radius 2 is 2.04 bits per heavy atom. The van der Waals surface area contributed by atoms with Crippen LogP contribution in [0.25, 0.3) is 0 Å². The van der Waals surface area contributed by atoms with Gasteiger partial charge in [0.15, 0.2) is 0 Å². The molecule has 0 aliphatic carbocycles. The molecule has 0 bridgehead atoms. The van der Waals surface area contributed by atoms with E-state index in [4.69, 9.17) is 11.6 Å². The van der Waals surface area contributed by atoms with Crippen molar-refractivity contribution >= 4 is 41.3 Å². The van der Waals surface area contributed by atoms with Crippen LogP contribution in [0.3, 0.4) is 0 Å². The van der Waals surface area contributed by atoms with E-state index in [0.29, 0.717) is 10.7 Å². The van der Waals surface area contributed by atoms with Crippen molar-refractivity contribution in [3.63, 3.8) is 0 Å². The SMILES string of the molecule is CN(C(=O)CN1CCNCC1c1cccc(Cl)c1)c1ccc([N+](=O)[O-])cc1.Cl. The molecule has 1 aliphatic rings. The summed E-state index contributed by atoms with van der Waals surface area (Å²) in [5.74, 6) is -0.0715. The molecule has 2 aromatic carbocycles. The van der Waals surface area contributed by atoms with Gasteiger partial charge < -0.3 is 10.2 Å². The summed E-state index contributed by atoms with van der Waals surface area (Å²) in [6.45, 7) is 2.56.